The van der Waals surface area contributed by atoms with Crippen molar-refractivity contribution in [1.82, 2.24) is 9.97 Å². The van der Waals surface area contributed by atoms with Crippen LogP contribution in [0.15, 0.2) is 84.9 Å². The van der Waals surface area contributed by atoms with Gasteiger partial charge in [0, 0.05) is 22.3 Å². The minimum absolute atomic E-state index is 0.285. The first-order chi connectivity index (χ1) is 25.6. The van der Waals surface area contributed by atoms with Crippen LogP contribution in [0.5, 0.6) is 23.0 Å². The number of fused-ring (bicyclic) bond motifs is 10. The molecule has 0 unspecified atom stereocenters. The first-order valence-corrected chi connectivity index (χ1v) is 17.1. The summed E-state index contributed by atoms with van der Waals surface area (Å²) in [7, 11) is 6.58. The minimum atomic E-state index is 0.285. The number of aromatic nitrogens is 2. The molecule has 0 aliphatic carbocycles. The fourth-order valence-electron chi connectivity index (χ4n) is 6.90. The zero-order valence-electron chi connectivity index (χ0n) is 29.9. The molecule has 0 fully saturated rings. The molecule has 2 aliphatic heterocycles. The van der Waals surface area contributed by atoms with Gasteiger partial charge in [-0.2, -0.15) is 0 Å². The molecule has 6 aromatic rings. The Bertz CT molecular complexity index is 1890. The van der Waals surface area contributed by atoms with E-state index in [1.54, 1.807) is 28.4 Å². The summed E-state index contributed by atoms with van der Waals surface area (Å²) in [4.78, 5) is 9.66. The van der Waals surface area contributed by atoms with E-state index < -0.39 is 0 Å². The maximum Gasteiger partial charge on any atom is 0.167 e. The lowest BCUT2D eigenvalue weighted by Crippen LogP contribution is -2.08. The molecule has 10 nitrogen and oxygen atoms in total. The molecule has 268 valence electrons. The van der Waals surface area contributed by atoms with Gasteiger partial charge in [-0.25, -0.2) is 0 Å². The largest absolute Gasteiger partial charge is 0.492 e. The normalized spacial score (nSPS) is 14.4. The second kappa shape index (κ2) is 16.4. The van der Waals surface area contributed by atoms with Crippen molar-refractivity contribution in [2.24, 2.45) is 0 Å². The van der Waals surface area contributed by atoms with Crippen LogP contribution in [0.25, 0.3) is 21.5 Å². The molecule has 8 rings (SSSR count). The fraction of sp³-hybridized carbons (Fsp3) is 0.286. The second-order valence-corrected chi connectivity index (χ2v) is 12.4. The van der Waals surface area contributed by atoms with Gasteiger partial charge in [-0.05, 0) is 45.8 Å². The Morgan fingerprint density at radius 3 is 0.827 bits per heavy atom. The Morgan fingerprint density at radius 2 is 0.596 bits per heavy atom. The number of pyridine rings is 2. The van der Waals surface area contributed by atoms with Crippen LogP contribution in [0, 0.1) is 0 Å². The van der Waals surface area contributed by atoms with E-state index >= 15 is 0 Å². The zero-order chi connectivity index (χ0) is 35.9. The lowest BCUT2D eigenvalue weighted by Gasteiger charge is -2.21. The van der Waals surface area contributed by atoms with Crippen LogP contribution < -0.4 is 18.9 Å². The Labute approximate surface area is 303 Å². The van der Waals surface area contributed by atoms with Gasteiger partial charge in [0.25, 0.3) is 0 Å². The summed E-state index contributed by atoms with van der Waals surface area (Å²) in [5, 5.41) is 4.00. The van der Waals surface area contributed by atoms with E-state index in [0.29, 0.717) is 49.4 Å². The number of nitrogens with zero attached hydrogens (tertiary/aromatic N) is 2. The maximum absolute atomic E-state index is 6.29. The number of methoxy groups -OCH3 is 4. The SMILES string of the molecule is COc1c(OC)c2c3ccccc3c1COCc1cccc(n1)COCc1c(OC)c(OC)c(c3ccccc13)COCc1cccc(n1)COC2. The Balaban J connectivity index is 1.25. The van der Waals surface area contributed by atoms with Gasteiger partial charge in [-0.1, -0.05) is 60.7 Å². The standard InChI is InChI=1S/C42H42N2O8/c1-45-39-35-23-49-19-27-11-9-13-29(43-27)21-51-25-37-33-17-7-8-18-34(33)38(42(48-4)41(37)47-3)26-52-22-30-14-10-12-28(44-30)20-50-24-36(40(39)46-2)32-16-6-5-15-31(32)35/h5-18H,19-26H2,1-4H3. The lowest BCUT2D eigenvalue weighted by molar-refractivity contribution is 0.0943. The highest BCUT2D eigenvalue weighted by molar-refractivity contribution is 5.94. The van der Waals surface area contributed by atoms with Crippen molar-refractivity contribution < 1.29 is 37.9 Å². The summed E-state index contributed by atoms with van der Waals surface area (Å²) in [5.74, 6) is 2.45. The van der Waals surface area contributed by atoms with E-state index in [4.69, 9.17) is 47.9 Å². The number of ether oxygens (including phenoxy) is 8. The molecule has 4 aromatic carbocycles. The van der Waals surface area contributed by atoms with Crippen LogP contribution in [0.4, 0.5) is 0 Å². The van der Waals surface area contributed by atoms with Crippen LogP contribution in [0.2, 0.25) is 0 Å². The monoisotopic (exact) mass is 702 g/mol. The van der Waals surface area contributed by atoms with Gasteiger partial charge in [0.2, 0.25) is 0 Å². The third kappa shape index (κ3) is 7.24. The molecule has 0 spiro atoms. The van der Waals surface area contributed by atoms with Gasteiger partial charge in [-0.3, -0.25) is 9.97 Å². The molecule has 52 heavy (non-hydrogen) atoms. The van der Waals surface area contributed by atoms with Gasteiger partial charge in [0.05, 0.1) is 104 Å². The second-order valence-electron chi connectivity index (χ2n) is 12.4. The van der Waals surface area contributed by atoms with Crippen LogP contribution in [0.3, 0.4) is 0 Å². The van der Waals surface area contributed by atoms with E-state index in [-0.39, 0.29) is 26.4 Å². The van der Waals surface area contributed by atoms with Crippen molar-refractivity contribution in [2.45, 2.75) is 52.9 Å². The molecule has 8 bridgehead atoms. The molecular formula is C42H42N2O8. The molecule has 0 saturated carbocycles. The van der Waals surface area contributed by atoms with Crippen molar-refractivity contribution in [3.8, 4) is 23.0 Å². The average molecular weight is 703 g/mol. The average Bonchev–Trinajstić information content (AvgIpc) is 3.18. The summed E-state index contributed by atoms with van der Waals surface area (Å²) < 4.78 is 49.0. The summed E-state index contributed by atoms with van der Waals surface area (Å²) in [6.45, 7) is 2.32. The summed E-state index contributed by atoms with van der Waals surface area (Å²) in [6.07, 6.45) is 0. The highest BCUT2D eigenvalue weighted by Crippen LogP contribution is 2.44. The highest BCUT2D eigenvalue weighted by Gasteiger charge is 2.23. The van der Waals surface area contributed by atoms with Crippen LogP contribution in [-0.4, -0.2) is 38.4 Å². The van der Waals surface area contributed by atoms with Gasteiger partial charge >= 0.3 is 0 Å². The summed E-state index contributed by atoms with van der Waals surface area (Å²) in [6, 6.07) is 28.0. The van der Waals surface area contributed by atoms with Crippen molar-refractivity contribution in [1.29, 1.82) is 0 Å². The molecule has 0 saturated heterocycles. The minimum Gasteiger partial charge on any atom is -0.492 e. The number of rotatable bonds is 4. The first kappa shape index (κ1) is 35.2. The molecule has 0 amide bonds. The Morgan fingerprint density at radius 1 is 0.346 bits per heavy atom. The Hall–Kier alpha value is -5.26. The molecule has 0 atom stereocenters. The predicted octanol–water partition coefficient (Wildman–Crippen LogP) is 8.00. The van der Waals surface area contributed by atoms with Crippen LogP contribution in [-0.2, 0) is 71.8 Å². The quantitative estimate of drug-likeness (QED) is 0.180. The smallest absolute Gasteiger partial charge is 0.167 e. The van der Waals surface area contributed by atoms with Gasteiger partial charge < -0.3 is 37.9 Å². The highest BCUT2D eigenvalue weighted by atomic mass is 16.5. The summed E-state index contributed by atoms with van der Waals surface area (Å²) in [5.41, 5.74) is 6.69. The van der Waals surface area contributed by atoms with Gasteiger partial charge in [0.1, 0.15) is 0 Å². The lowest BCUT2D eigenvalue weighted by atomic mass is 9.97. The molecule has 2 aromatic heterocycles. The van der Waals surface area contributed by atoms with E-state index in [0.717, 1.165) is 66.6 Å². The molecule has 0 radical (unpaired) electrons. The van der Waals surface area contributed by atoms with Crippen molar-refractivity contribution in [3.05, 3.63) is 130 Å². The van der Waals surface area contributed by atoms with E-state index in [1.165, 1.54) is 0 Å². The third-order valence-electron chi connectivity index (χ3n) is 9.19. The van der Waals surface area contributed by atoms with E-state index in [9.17, 15) is 0 Å². The molecule has 2 aliphatic rings. The van der Waals surface area contributed by atoms with Crippen molar-refractivity contribution in [2.75, 3.05) is 28.4 Å². The van der Waals surface area contributed by atoms with Crippen LogP contribution in [0.1, 0.15) is 45.0 Å². The third-order valence-corrected chi connectivity index (χ3v) is 9.19. The van der Waals surface area contributed by atoms with Crippen LogP contribution >= 0.6 is 0 Å². The van der Waals surface area contributed by atoms with Gasteiger partial charge in [0.15, 0.2) is 23.0 Å². The molecular weight excluding hydrogens is 660 g/mol. The van der Waals surface area contributed by atoms with E-state index in [2.05, 4.69) is 24.3 Å². The number of hydrogen-bond donors (Lipinski definition) is 0. The molecule has 10 heteroatoms. The van der Waals surface area contributed by atoms with Crippen molar-refractivity contribution in [3.63, 3.8) is 0 Å². The predicted molar refractivity (Wildman–Crippen MR) is 197 cm³/mol. The molecule has 0 N–H and O–H groups in total. The number of benzene rings is 4. The summed E-state index contributed by atoms with van der Waals surface area (Å²) >= 11 is 0. The zero-order valence-corrected chi connectivity index (χ0v) is 29.9. The number of hydrogen-bond acceptors (Lipinski definition) is 10. The van der Waals surface area contributed by atoms with Crippen molar-refractivity contribution >= 4 is 21.5 Å². The fourth-order valence-corrected chi connectivity index (χ4v) is 6.90. The van der Waals surface area contributed by atoms with E-state index in [1.807, 2.05) is 60.7 Å². The molecule has 4 heterocycles. The maximum atomic E-state index is 6.29. The first-order valence-electron chi connectivity index (χ1n) is 17.1. The topological polar surface area (TPSA) is 99.6 Å². The van der Waals surface area contributed by atoms with Gasteiger partial charge in [-0.15, -0.1) is 0 Å². The Kier molecular flexibility index (Phi) is 11.1.